The maximum atomic E-state index is 12.0. The first-order valence-electron chi connectivity index (χ1n) is 5.98. The van der Waals surface area contributed by atoms with Crippen LogP contribution in [0.1, 0.15) is 19.3 Å². The van der Waals surface area contributed by atoms with Crippen molar-refractivity contribution in [3.63, 3.8) is 0 Å². The Balaban J connectivity index is 0.00000162. The number of nitrogens with one attached hydrogen (secondary N) is 2. The van der Waals surface area contributed by atoms with Crippen molar-refractivity contribution in [2.45, 2.75) is 25.3 Å². The van der Waals surface area contributed by atoms with E-state index in [0.717, 1.165) is 37.2 Å². The highest BCUT2D eigenvalue weighted by Gasteiger charge is 2.20. The lowest BCUT2D eigenvalue weighted by Crippen LogP contribution is -2.43. The van der Waals surface area contributed by atoms with Crippen LogP contribution in [0.3, 0.4) is 0 Å². The fraction of sp³-hybridized carbons (Fsp3) is 0.462. The zero-order chi connectivity index (χ0) is 12.1. The fourth-order valence-corrected chi connectivity index (χ4v) is 2.01. The topological polar surface area (TPSA) is 50.4 Å². The molecule has 5 heteroatoms. The van der Waals surface area contributed by atoms with Gasteiger partial charge in [0.05, 0.1) is 13.2 Å². The van der Waals surface area contributed by atoms with Gasteiger partial charge in [-0.05, 0) is 31.5 Å². The number of anilines is 1. The number of amides is 1. The average Bonchev–Trinajstić information content (AvgIpc) is 2.40. The summed E-state index contributed by atoms with van der Waals surface area (Å²) in [5.74, 6) is 0.789. The molecular formula is C13H19ClN2O2. The lowest BCUT2D eigenvalue weighted by atomic mass is 10.0. The quantitative estimate of drug-likeness (QED) is 0.885. The van der Waals surface area contributed by atoms with Gasteiger partial charge in [0.15, 0.2) is 0 Å². The van der Waals surface area contributed by atoms with E-state index < -0.39 is 0 Å². The van der Waals surface area contributed by atoms with Gasteiger partial charge in [-0.15, -0.1) is 12.4 Å². The van der Waals surface area contributed by atoms with Crippen LogP contribution in [-0.2, 0) is 4.79 Å². The van der Waals surface area contributed by atoms with E-state index in [-0.39, 0.29) is 24.4 Å². The number of ether oxygens (including phenoxy) is 1. The minimum Gasteiger partial charge on any atom is -0.497 e. The first-order chi connectivity index (χ1) is 8.29. The van der Waals surface area contributed by atoms with Crippen LogP contribution >= 0.6 is 12.4 Å². The van der Waals surface area contributed by atoms with Gasteiger partial charge in [0.25, 0.3) is 0 Å². The predicted octanol–water partition coefficient (Wildman–Crippen LogP) is 2.20. The summed E-state index contributed by atoms with van der Waals surface area (Å²) in [5.41, 5.74) is 0.779. The van der Waals surface area contributed by atoms with E-state index in [9.17, 15) is 4.79 Å². The van der Waals surface area contributed by atoms with E-state index in [0.29, 0.717) is 0 Å². The van der Waals surface area contributed by atoms with E-state index >= 15 is 0 Å². The van der Waals surface area contributed by atoms with Crippen LogP contribution in [0.25, 0.3) is 0 Å². The Labute approximate surface area is 114 Å². The Bertz CT molecular complexity index is 392. The zero-order valence-electron chi connectivity index (χ0n) is 10.4. The van der Waals surface area contributed by atoms with Crippen molar-refractivity contribution in [3.8, 4) is 5.75 Å². The second-order valence-corrected chi connectivity index (χ2v) is 4.22. The molecule has 1 aromatic carbocycles. The third kappa shape index (κ3) is 3.89. The molecule has 18 heavy (non-hydrogen) atoms. The van der Waals surface area contributed by atoms with Crippen LogP contribution in [0.2, 0.25) is 0 Å². The molecule has 1 atom stereocenters. The van der Waals surface area contributed by atoms with Gasteiger partial charge in [0.1, 0.15) is 5.75 Å². The van der Waals surface area contributed by atoms with E-state index in [4.69, 9.17) is 4.74 Å². The summed E-state index contributed by atoms with van der Waals surface area (Å²) >= 11 is 0. The molecule has 4 nitrogen and oxygen atoms in total. The Hall–Kier alpha value is -1.26. The monoisotopic (exact) mass is 270 g/mol. The maximum Gasteiger partial charge on any atom is 0.241 e. The molecule has 0 aromatic heterocycles. The largest absolute Gasteiger partial charge is 0.497 e. The Morgan fingerprint density at radius 3 is 2.94 bits per heavy atom. The molecule has 1 aromatic rings. The smallest absolute Gasteiger partial charge is 0.241 e. The van der Waals surface area contributed by atoms with Gasteiger partial charge < -0.3 is 15.4 Å². The summed E-state index contributed by atoms with van der Waals surface area (Å²) < 4.78 is 5.11. The van der Waals surface area contributed by atoms with Gasteiger partial charge in [-0.2, -0.15) is 0 Å². The summed E-state index contributed by atoms with van der Waals surface area (Å²) in [4.78, 5) is 12.0. The van der Waals surface area contributed by atoms with Gasteiger partial charge in [0, 0.05) is 11.8 Å². The highest BCUT2D eigenvalue weighted by atomic mass is 35.5. The lowest BCUT2D eigenvalue weighted by Gasteiger charge is -2.22. The zero-order valence-corrected chi connectivity index (χ0v) is 11.3. The number of hydrogen-bond donors (Lipinski definition) is 2. The molecule has 0 radical (unpaired) electrons. The lowest BCUT2D eigenvalue weighted by molar-refractivity contribution is -0.118. The van der Waals surface area contributed by atoms with E-state index in [1.165, 1.54) is 0 Å². The van der Waals surface area contributed by atoms with Gasteiger partial charge in [0.2, 0.25) is 5.91 Å². The van der Waals surface area contributed by atoms with E-state index in [2.05, 4.69) is 10.6 Å². The third-order valence-electron chi connectivity index (χ3n) is 2.96. The molecule has 1 aliphatic rings. The molecule has 0 saturated carbocycles. The highest BCUT2D eigenvalue weighted by molar-refractivity contribution is 5.95. The number of halogens is 1. The second-order valence-electron chi connectivity index (χ2n) is 4.22. The summed E-state index contributed by atoms with van der Waals surface area (Å²) in [5, 5.41) is 6.13. The number of benzene rings is 1. The summed E-state index contributed by atoms with van der Waals surface area (Å²) in [7, 11) is 1.61. The van der Waals surface area contributed by atoms with Crippen LogP contribution in [0.15, 0.2) is 24.3 Å². The van der Waals surface area contributed by atoms with Crippen LogP contribution in [-0.4, -0.2) is 25.6 Å². The second kappa shape index (κ2) is 7.24. The van der Waals surface area contributed by atoms with Crippen molar-refractivity contribution in [2.24, 2.45) is 0 Å². The van der Waals surface area contributed by atoms with E-state index in [1.807, 2.05) is 24.3 Å². The van der Waals surface area contributed by atoms with Crippen LogP contribution in [0.4, 0.5) is 5.69 Å². The molecule has 1 amide bonds. The minimum atomic E-state index is -0.0602. The van der Waals surface area contributed by atoms with Crippen molar-refractivity contribution in [2.75, 3.05) is 19.0 Å². The van der Waals surface area contributed by atoms with Crippen LogP contribution in [0, 0.1) is 0 Å². The van der Waals surface area contributed by atoms with Crippen molar-refractivity contribution in [1.82, 2.24) is 5.32 Å². The normalized spacial score (nSPS) is 18.6. The minimum absolute atomic E-state index is 0. The maximum absolute atomic E-state index is 12.0. The average molecular weight is 271 g/mol. The number of carbonyl (C=O) groups is 1. The van der Waals surface area contributed by atoms with Crippen molar-refractivity contribution >= 4 is 24.0 Å². The van der Waals surface area contributed by atoms with Crippen molar-refractivity contribution in [1.29, 1.82) is 0 Å². The van der Waals surface area contributed by atoms with Crippen molar-refractivity contribution < 1.29 is 9.53 Å². The first-order valence-corrected chi connectivity index (χ1v) is 5.98. The summed E-state index contributed by atoms with van der Waals surface area (Å²) in [6, 6.07) is 7.34. The highest BCUT2D eigenvalue weighted by Crippen LogP contribution is 2.17. The van der Waals surface area contributed by atoms with Crippen molar-refractivity contribution in [3.05, 3.63) is 24.3 Å². The Kier molecular flexibility index (Phi) is 5.95. The molecule has 0 bridgehead atoms. The number of carbonyl (C=O) groups excluding carboxylic acids is 1. The molecule has 1 aliphatic heterocycles. The van der Waals surface area contributed by atoms with Gasteiger partial charge in [-0.25, -0.2) is 0 Å². The molecule has 1 saturated heterocycles. The molecule has 1 fully saturated rings. The SMILES string of the molecule is COc1cccc(NC(=O)[C@H]2CCCCN2)c1.Cl. The fourth-order valence-electron chi connectivity index (χ4n) is 2.01. The number of hydrogen-bond acceptors (Lipinski definition) is 3. The number of rotatable bonds is 3. The molecule has 100 valence electrons. The number of methoxy groups -OCH3 is 1. The van der Waals surface area contributed by atoms with Gasteiger partial charge in [-0.3, -0.25) is 4.79 Å². The molecule has 1 heterocycles. The van der Waals surface area contributed by atoms with Crippen LogP contribution in [0.5, 0.6) is 5.75 Å². The van der Waals surface area contributed by atoms with E-state index in [1.54, 1.807) is 7.11 Å². The standard InChI is InChI=1S/C13H18N2O2.ClH/c1-17-11-6-4-5-10(9-11)15-13(16)12-7-2-3-8-14-12;/h4-6,9,12,14H,2-3,7-8H2,1H3,(H,15,16);1H/t12-;/m1./s1. The molecule has 2 N–H and O–H groups in total. The van der Waals surface area contributed by atoms with Crippen LogP contribution < -0.4 is 15.4 Å². The van der Waals surface area contributed by atoms with Gasteiger partial charge in [-0.1, -0.05) is 12.5 Å². The molecule has 0 aliphatic carbocycles. The van der Waals surface area contributed by atoms with Gasteiger partial charge >= 0.3 is 0 Å². The molecule has 2 rings (SSSR count). The summed E-state index contributed by atoms with van der Waals surface area (Å²) in [6.07, 6.45) is 3.18. The molecule has 0 spiro atoms. The molecule has 0 unspecified atom stereocenters. The molecular weight excluding hydrogens is 252 g/mol. The Morgan fingerprint density at radius 2 is 2.28 bits per heavy atom. The first kappa shape index (κ1) is 14.8. The predicted molar refractivity (Wildman–Crippen MR) is 74.5 cm³/mol. The number of piperidine rings is 1. The Morgan fingerprint density at radius 1 is 1.44 bits per heavy atom. The third-order valence-corrected chi connectivity index (χ3v) is 2.96. The summed E-state index contributed by atoms with van der Waals surface area (Å²) in [6.45, 7) is 0.927.